The van der Waals surface area contributed by atoms with E-state index in [9.17, 15) is 18.0 Å². The predicted octanol–water partition coefficient (Wildman–Crippen LogP) is 3.89. The number of nitrogens with zero attached hydrogens (tertiary/aromatic N) is 2. The first-order valence-electron chi connectivity index (χ1n) is 11.4. The first-order chi connectivity index (χ1) is 16.1. The fourth-order valence-corrected chi connectivity index (χ4v) is 5.36. The van der Waals surface area contributed by atoms with Crippen LogP contribution < -0.4 is 9.62 Å². The van der Waals surface area contributed by atoms with Crippen LogP contribution in [0.15, 0.2) is 48.5 Å². The number of carbonyl (C=O) groups is 2. The molecule has 1 unspecified atom stereocenters. The van der Waals surface area contributed by atoms with E-state index in [1.54, 1.807) is 50.2 Å². The summed E-state index contributed by atoms with van der Waals surface area (Å²) in [6, 6.07) is 13.4. The molecule has 0 radical (unpaired) electrons. The Labute approximate surface area is 207 Å². The molecule has 0 saturated heterocycles. The predicted molar refractivity (Wildman–Crippen MR) is 135 cm³/mol. The minimum absolute atomic E-state index is 0.109. The Kier molecular flexibility index (Phi) is 8.60. The number of benzene rings is 2. The summed E-state index contributed by atoms with van der Waals surface area (Å²) in [7, 11) is -3.75. The monoisotopic (exact) mass is 505 g/mol. The number of amides is 2. The summed E-state index contributed by atoms with van der Waals surface area (Å²) in [6.45, 7) is 3.18. The topological polar surface area (TPSA) is 86.8 Å². The Morgan fingerprint density at radius 3 is 2.41 bits per heavy atom. The van der Waals surface area contributed by atoms with Crippen LogP contribution in [-0.4, -0.2) is 50.0 Å². The van der Waals surface area contributed by atoms with Crippen molar-refractivity contribution in [1.82, 2.24) is 10.2 Å². The normalized spacial score (nSPS) is 15.1. The number of aryl methyl sites for hydroxylation is 1. The lowest BCUT2D eigenvalue weighted by atomic mass is 10.1. The zero-order valence-electron chi connectivity index (χ0n) is 19.8. The van der Waals surface area contributed by atoms with Gasteiger partial charge in [0.15, 0.2) is 0 Å². The Hall–Kier alpha value is -2.58. The number of carbonyl (C=O) groups excluding carboxylic acids is 2. The number of anilines is 1. The molecule has 1 atom stereocenters. The first-order valence-corrected chi connectivity index (χ1v) is 13.7. The van der Waals surface area contributed by atoms with Crippen molar-refractivity contribution in [3.05, 3.63) is 64.7 Å². The molecule has 184 valence electrons. The summed E-state index contributed by atoms with van der Waals surface area (Å²) in [4.78, 5) is 28.0. The molecule has 2 amide bonds. The number of hydrogen-bond donors (Lipinski definition) is 1. The second kappa shape index (κ2) is 11.2. The molecule has 1 fully saturated rings. The molecule has 1 saturated carbocycles. The van der Waals surface area contributed by atoms with Crippen LogP contribution in [0, 0.1) is 6.92 Å². The average molecular weight is 506 g/mol. The maximum Gasteiger partial charge on any atom is 0.244 e. The van der Waals surface area contributed by atoms with E-state index in [-0.39, 0.29) is 18.5 Å². The maximum atomic E-state index is 13.6. The smallest absolute Gasteiger partial charge is 0.244 e. The van der Waals surface area contributed by atoms with Crippen molar-refractivity contribution in [1.29, 1.82) is 0 Å². The van der Waals surface area contributed by atoms with E-state index in [0.717, 1.165) is 47.4 Å². The van der Waals surface area contributed by atoms with E-state index >= 15 is 0 Å². The molecule has 0 aromatic heterocycles. The third-order valence-corrected chi connectivity index (χ3v) is 7.54. The van der Waals surface area contributed by atoms with Crippen molar-refractivity contribution in [3.8, 4) is 0 Å². The Bertz CT molecular complexity index is 1130. The Morgan fingerprint density at radius 1 is 1.12 bits per heavy atom. The number of sulfonamides is 1. The lowest BCUT2D eigenvalue weighted by molar-refractivity contribution is -0.139. The molecule has 1 aliphatic rings. The summed E-state index contributed by atoms with van der Waals surface area (Å²) in [6.07, 6.45) is 5.07. The van der Waals surface area contributed by atoms with Gasteiger partial charge < -0.3 is 10.2 Å². The van der Waals surface area contributed by atoms with E-state index in [0.29, 0.717) is 10.7 Å². The fraction of sp³-hybridized carbons (Fsp3) is 0.440. The quantitative estimate of drug-likeness (QED) is 0.560. The van der Waals surface area contributed by atoms with Crippen LogP contribution in [0.4, 0.5) is 5.69 Å². The molecule has 0 bridgehead atoms. The molecule has 0 aliphatic heterocycles. The Morgan fingerprint density at radius 2 is 1.79 bits per heavy atom. The molecule has 0 spiro atoms. The molecule has 9 heteroatoms. The fourth-order valence-electron chi connectivity index (χ4n) is 4.24. The summed E-state index contributed by atoms with van der Waals surface area (Å²) in [5.74, 6) is -0.716. The van der Waals surface area contributed by atoms with Gasteiger partial charge in [-0.2, -0.15) is 0 Å². The van der Waals surface area contributed by atoms with Gasteiger partial charge in [-0.25, -0.2) is 8.42 Å². The van der Waals surface area contributed by atoms with Gasteiger partial charge in [0.1, 0.15) is 12.6 Å². The van der Waals surface area contributed by atoms with Gasteiger partial charge in [0, 0.05) is 17.6 Å². The third kappa shape index (κ3) is 6.73. The van der Waals surface area contributed by atoms with Crippen molar-refractivity contribution in [2.24, 2.45) is 0 Å². The summed E-state index contributed by atoms with van der Waals surface area (Å²) >= 11 is 6.13. The van der Waals surface area contributed by atoms with E-state index in [1.165, 1.54) is 4.90 Å². The van der Waals surface area contributed by atoms with E-state index in [1.807, 2.05) is 12.1 Å². The molecular weight excluding hydrogens is 474 g/mol. The van der Waals surface area contributed by atoms with Gasteiger partial charge >= 0.3 is 0 Å². The van der Waals surface area contributed by atoms with Gasteiger partial charge in [0.25, 0.3) is 0 Å². The van der Waals surface area contributed by atoms with E-state index in [2.05, 4.69) is 5.32 Å². The molecule has 1 N–H and O–H groups in total. The molecule has 7 nitrogen and oxygen atoms in total. The van der Waals surface area contributed by atoms with Crippen LogP contribution in [0.5, 0.6) is 0 Å². The minimum Gasteiger partial charge on any atom is -0.352 e. The van der Waals surface area contributed by atoms with Gasteiger partial charge in [-0.15, -0.1) is 0 Å². The lowest BCUT2D eigenvalue weighted by Gasteiger charge is -2.32. The van der Waals surface area contributed by atoms with Crippen LogP contribution >= 0.6 is 11.6 Å². The van der Waals surface area contributed by atoms with Gasteiger partial charge in [-0.1, -0.05) is 54.8 Å². The molecule has 34 heavy (non-hydrogen) atoms. The number of rotatable bonds is 9. The zero-order chi connectivity index (χ0) is 24.9. The highest BCUT2D eigenvalue weighted by Gasteiger charge is 2.31. The molecular formula is C25H32ClN3O4S. The van der Waals surface area contributed by atoms with E-state index in [4.69, 9.17) is 11.6 Å². The van der Waals surface area contributed by atoms with Crippen molar-refractivity contribution in [3.63, 3.8) is 0 Å². The molecule has 0 heterocycles. The lowest BCUT2D eigenvalue weighted by Crippen LogP contribution is -2.52. The highest BCUT2D eigenvalue weighted by Crippen LogP contribution is 2.23. The molecule has 2 aromatic rings. The van der Waals surface area contributed by atoms with Crippen LogP contribution in [0.2, 0.25) is 5.02 Å². The largest absolute Gasteiger partial charge is 0.352 e. The third-order valence-electron chi connectivity index (χ3n) is 6.17. The maximum absolute atomic E-state index is 13.6. The van der Waals surface area contributed by atoms with Gasteiger partial charge in [0.05, 0.1) is 11.9 Å². The highest BCUT2D eigenvalue weighted by molar-refractivity contribution is 7.92. The standard InChI is InChI=1S/C25H32ClN3O4S/c1-18-9-4-7-14-23(18)29(34(3,32)33)17-24(30)28(16-20-10-8-11-21(26)15-20)19(2)25(31)27-22-12-5-6-13-22/h4,7-11,14-15,19,22H,5-6,12-13,16-17H2,1-3H3,(H,27,31). The van der Waals surface area contributed by atoms with Crippen LogP contribution in [0.3, 0.4) is 0 Å². The summed E-state index contributed by atoms with van der Waals surface area (Å²) < 4.78 is 26.4. The van der Waals surface area contributed by atoms with Crippen molar-refractivity contribution in [2.75, 3.05) is 17.1 Å². The van der Waals surface area contributed by atoms with Gasteiger partial charge in [0.2, 0.25) is 21.8 Å². The van der Waals surface area contributed by atoms with Crippen molar-refractivity contribution in [2.45, 2.75) is 58.2 Å². The SMILES string of the molecule is Cc1ccccc1N(CC(=O)N(Cc1cccc(Cl)c1)C(C)C(=O)NC1CCCC1)S(C)(=O)=O. The number of hydrogen-bond acceptors (Lipinski definition) is 4. The average Bonchev–Trinajstić information content (AvgIpc) is 3.28. The number of para-hydroxylation sites is 1. The zero-order valence-corrected chi connectivity index (χ0v) is 21.4. The summed E-state index contributed by atoms with van der Waals surface area (Å²) in [5, 5.41) is 3.56. The Balaban J connectivity index is 1.89. The number of nitrogens with one attached hydrogen (secondary N) is 1. The van der Waals surface area contributed by atoms with Gasteiger partial charge in [-0.05, 0) is 56.0 Å². The van der Waals surface area contributed by atoms with Gasteiger partial charge in [-0.3, -0.25) is 13.9 Å². The van der Waals surface area contributed by atoms with Crippen LogP contribution in [-0.2, 0) is 26.2 Å². The number of halogens is 1. The minimum atomic E-state index is -3.75. The molecule has 1 aliphatic carbocycles. The van der Waals surface area contributed by atoms with Crippen LogP contribution in [0.1, 0.15) is 43.7 Å². The highest BCUT2D eigenvalue weighted by atomic mass is 35.5. The van der Waals surface area contributed by atoms with Crippen molar-refractivity contribution >= 4 is 39.1 Å². The molecule has 3 rings (SSSR count). The second-order valence-corrected chi connectivity index (χ2v) is 11.2. The van der Waals surface area contributed by atoms with E-state index < -0.39 is 28.5 Å². The second-order valence-electron chi connectivity index (χ2n) is 8.87. The van der Waals surface area contributed by atoms with Crippen molar-refractivity contribution < 1.29 is 18.0 Å². The first kappa shape index (κ1) is 26.0. The summed E-state index contributed by atoms with van der Waals surface area (Å²) in [5.41, 5.74) is 1.92. The molecule has 2 aromatic carbocycles. The van der Waals surface area contributed by atoms with Crippen LogP contribution in [0.25, 0.3) is 0 Å².